The van der Waals surface area contributed by atoms with Crippen molar-refractivity contribution in [3.8, 4) is 5.75 Å². The Hall–Kier alpha value is -2.47. The lowest BCUT2D eigenvalue weighted by atomic mass is 9.79. The number of nitrogens with zero attached hydrogens (tertiary/aromatic N) is 2. The molecule has 0 saturated carbocycles. The van der Waals surface area contributed by atoms with Gasteiger partial charge in [0.15, 0.2) is 0 Å². The highest BCUT2D eigenvalue weighted by Crippen LogP contribution is 2.39. The Morgan fingerprint density at radius 3 is 2.69 bits per heavy atom. The number of nitrogens with one attached hydrogen (secondary N) is 1. The number of benzene rings is 3. The van der Waals surface area contributed by atoms with E-state index >= 15 is 0 Å². The van der Waals surface area contributed by atoms with Gasteiger partial charge < -0.3 is 15.0 Å². The van der Waals surface area contributed by atoms with Gasteiger partial charge >= 0.3 is 6.03 Å². The number of methoxy groups -OCH3 is 1. The smallest absolute Gasteiger partial charge is 0.317 e. The first-order valence-corrected chi connectivity index (χ1v) is 13.0. The van der Waals surface area contributed by atoms with Crippen molar-refractivity contribution in [2.24, 2.45) is 5.41 Å². The van der Waals surface area contributed by atoms with Gasteiger partial charge in [-0.2, -0.15) is 0 Å². The zero-order valence-electron chi connectivity index (χ0n) is 20.0. The Labute approximate surface area is 216 Å². The topological polar surface area (TPSA) is 44.8 Å². The maximum atomic E-state index is 13.1. The third-order valence-electron chi connectivity index (χ3n) is 7.40. The number of piperidine rings is 1. The summed E-state index contributed by atoms with van der Waals surface area (Å²) < 4.78 is 5.58. The van der Waals surface area contributed by atoms with Gasteiger partial charge in [0.25, 0.3) is 0 Å². The summed E-state index contributed by atoms with van der Waals surface area (Å²) >= 11 is 12.3. The van der Waals surface area contributed by atoms with Crippen LogP contribution >= 0.6 is 23.2 Å². The van der Waals surface area contributed by atoms with E-state index in [1.807, 2.05) is 41.3 Å². The first-order valence-electron chi connectivity index (χ1n) is 12.2. The van der Waals surface area contributed by atoms with Crippen LogP contribution in [-0.2, 0) is 13.1 Å². The lowest BCUT2D eigenvalue weighted by molar-refractivity contribution is 0.107. The molecule has 2 heterocycles. The number of carbonyl (C=O) groups is 1. The zero-order chi connectivity index (χ0) is 24.4. The van der Waals surface area contributed by atoms with Crippen molar-refractivity contribution in [2.75, 3.05) is 33.3 Å². The number of fused-ring (bicyclic) bond motifs is 1. The molecular formula is C28H31Cl2N3O2. The second kappa shape index (κ2) is 10.3. The fraction of sp³-hybridized carbons (Fsp3) is 0.393. The average molecular weight is 512 g/mol. The standard InChI is InChI=1S/C28H31Cl2N3O2/c1-35-26-15-21(13-22-5-2-3-6-23(22)26)16-31-27(34)33-11-4-9-28(19-33)10-12-32(18-28)17-20-7-8-24(29)25(30)14-20/h2-3,5-8,13-15H,4,9-12,16-19H2,1H3,(H,31,34). The number of likely N-dealkylation sites (tertiary alicyclic amines) is 2. The minimum absolute atomic E-state index is 0.0131. The highest BCUT2D eigenvalue weighted by atomic mass is 35.5. The van der Waals surface area contributed by atoms with Crippen molar-refractivity contribution in [2.45, 2.75) is 32.4 Å². The van der Waals surface area contributed by atoms with Crippen LogP contribution < -0.4 is 10.1 Å². The van der Waals surface area contributed by atoms with E-state index in [1.165, 1.54) is 5.56 Å². The molecule has 1 N–H and O–H groups in total. The van der Waals surface area contributed by atoms with Crippen LogP contribution in [0.1, 0.15) is 30.4 Å². The van der Waals surface area contributed by atoms with E-state index in [-0.39, 0.29) is 11.4 Å². The fourth-order valence-electron chi connectivity index (χ4n) is 5.67. The van der Waals surface area contributed by atoms with Gasteiger partial charge in [-0.15, -0.1) is 0 Å². The van der Waals surface area contributed by atoms with E-state index in [0.717, 1.165) is 74.1 Å². The molecule has 184 valence electrons. The highest BCUT2D eigenvalue weighted by Gasteiger charge is 2.42. The Balaban J connectivity index is 1.19. The molecule has 2 saturated heterocycles. The van der Waals surface area contributed by atoms with Crippen LogP contribution in [-0.4, -0.2) is 49.1 Å². The number of rotatable bonds is 5. The van der Waals surface area contributed by atoms with Crippen molar-refractivity contribution < 1.29 is 9.53 Å². The molecule has 0 aromatic heterocycles. The molecule has 0 aliphatic carbocycles. The molecular weight excluding hydrogens is 481 g/mol. The molecule has 1 unspecified atom stereocenters. The fourth-order valence-corrected chi connectivity index (χ4v) is 5.99. The van der Waals surface area contributed by atoms with Crippen molar-refractivity contribution in [1.82, 2.24) is 15.1 Å². The van der Waals surface area contributed by atoms with E-state index in [1.54, 1.807) is 7.11 Å². The molecule has 1 spiro atoms. The first-order chi connectivity index (χ1) is 16.9. The average Bonchev–Trinajstić information content (AvgIpc) is 3.25. The lowest BCUT2D eigenvalue weighted by Gasteiger charge is -2.40. The SMILES string of the molecule is COc1cc(CNC(=O)N2CCCC3(CCN(Cc4ccc(Cl)c(Cl)c4)C3)C2)cc2ccccc12. The van der Waals surface area contributed by atoms with Crippen molar-refractivity contribution in [1.29, 1.82) is 0 Å². The molecule has 5 rings (SSSR count). The van der Waals surface area contributed by atoms with Crippen molar-refractivity contribution >= 4 is 40.0 Å². The molecule has 3 aromatic rings. The number of ether oxygens (including phenoxy) is 1. The maximum absolute atomic E-state index is 13.1. The molecule has 7 heteroatoms. The van der Waals surface area contributed by atoms with E-state index < -0.39 is 0 Å². The highest BCUT2D eigenvalue weighted by molar-refractivity contribution is 6.42. The van der Waals surface area contributed by atoms with Gasteiger partial charge in [0, 0.05) is 43.5 Å². The third-order valence-corrected chi connectivity index (χ3v) is 8.14. The van der Waals surface area contributed by atoms with E-state index in [2.05, 4.69) is 28.4 Å². The van der Waals surface area contributed by atoms with Gasteiger partial charge in [-0.3, -0.25) is 4.90 Å². The number of halogens is 2. The quantitative estimate of drug-likeness (QED) is 0.433. The summed E-state index contributed by atoms with van der Waals surface area (Å²) in [5.41, 5.74) is 2.37. The molecule has 1 atom stereocenters. The van der Waals surface area contributed by atoms with Crippen molar-refractivity contribution in [3.63, 3.8) is 0 Å². The van der Waals surface area contributed by atoms with E-state index in [4.69, 9.17) is 27.9 Å². The Bertz CT molecular complexity index is 1230. The van der Waals surface area contributed by atoms with Crippen LogP contribution in [0.2, 0.25) is 10.0 Å². The molecule has 0 radical (unpaired) electrons. The zero-order valence-corrected chi connectivity index (χ0v) is 21.5. The van der Waals surface area contributed by atoms with E-state index in [9.17, 15) is 4.79 Å². The van der Waals surface area contributed by atoms with Crippen LogP contribution in [0, 0.1) is 5.41 Å². The second-order valence-electron chi connectivity index (χ2n) is 9.91. The number of hydrogen-bond donors (Lipinski definition) is 1. The Morgan fingerprint density at radius 1 is 1.00 bits per heavy atom. The Kier molecular flexibility index (Phi) is 7.10. The molecule has 2 fully saturated rings. The van der Waals surface area contributed by atoms with Crippen molar-refractivity contribution in [3.05, 3.63) is 75.8 Å². The van der Waals surface area contributed by atoms with Gasteiger partial charge in [-0.05, 0) is 66.6 Å². The summed E-state index contributed by atoms with van der Waals surface area (Å²) in [7, 11) is 1.68. The third kappa shape index (κ3) is 5.37. The predicted molar refractivity (Wildman–Crippen MR) is 142 cm³/mol. The van der Waals surface area contributed by atoms with Crippen LogP contribution in [0.25, 0.3) is 10.8 Å². The Morgan fingerprint density at radius 2 is 1.86 bits per heavy atom. The first kappa shape index (κ1) is 24.2. The van der Waals surface area contributed by atoms with Gasteiger partial charge in [0.05, 0.1) is 17.2 Å². The number of hydrogen-bond acceptors (Lipinski definition) is 3. The van der Waals surface area contributed by atoms with Gasteiger partial charge in [-0.25, -0.2) is 4.79 Å². The lowest BCUT2D eigenvalue weighted by Crippen LogP contribution is -2.50. The summed E-state index contributed by atoms with van der Waals surface area (Å²) in [4.78, 5) is 17.6. The molecule has 2 amide bonds. The molecule has 2 aliphatic heterocycles. The predicted octanol–water partition coefficient (Wildman–Crippen LogP) is 6.35. The molecule has 0 bridgehead atoms. The van der Waals surface area contributed by atoms with Gasteiger partial charge in [-0.1, -0.05) is 53.5 Å². The van der Waals surface area contributed by atoms with E-state index in [0.29, 0.717) is 16.6 Å². The summed E-state index contributed by atoms with van der Waals surface area (Å²) in [6, 6.07) is 18.2. The molecule has 5 nitrogen and oxygen atoms in total. The molecule has 35 heavy (non-hydrogen) atoms. The van der Waals surface area contributed by atoms with Gasteiger partial charge in [0.1, 0.15) is 5.75 Å². The summed E-state index contributed by atoms with van der Waals surface area (Å²) in [6.45, 7) is 4.98. The summed E-state index contributed by atoms with van der Waals surface area (Å²) in [5.74, 6) is 0.831. The van der Waals surface area contributed by atoms with Crippen LogP contribution in [0.3, 0.4) is 0 Å². The summed E-state index contributed by atoms with van der Waals surface area (Å²) in [5, 5.41) is 6.52. The largest absolute Gasteiger partial charge is 0.496 e. The number of amides is 2. The maximum Gasteiger partial charge on any atom is 0.317 e. The van der Waals surface area contributed by atoms with Crippen LogP contribution in [0.15, 0.2) is 54.6 Å². The number of carbonyl (C=O) groups excluding carboxylic acids is 1. The number of urea groups is 1. The summed E-state index contributed by atoms with van der Waals surface area (Å²) in [6.07, 6.45) is 3.31. The van der Waals surface area contributed by atoms with Crippen LogP contribution in [0.4, 0.5) is 4.79 Å². The second-order valence-corrected chi connectivity index (χ2v) is 10.7. The minimum atomic E-state index is 0.0131. The monoisotopic (exact) mass is 511 g/mol. The van der Waals surface area contributed by atoms with Crippen LogP contribution in [0.5, 0.6) is 5.75 Å². The van der Waals surface area contributed by atoms with Gasteiger partial charge in [0.2, 0.25) is 0 Å². The molecule has 2 aliphatic rings. The minimum Gasteiger partial charge on any atom is -0.496 e. The molecule has 3 aromatic carbocycles. The normalized spacial score (nSPS) is 20.5.